The van der Waals surface area contributed by atoms with Gasteiger partial charge in [-0.05, 0) is 49.8 Å². The average molecular weight is 617 g/mol. The van der Waals surface area contributed by atoms with Crippen molar-refractivity contribution in [1.82, 2.24) is 9.80 Å². The van der Waals surface area contributed by atoms with Crippen LogP contribution in [0.2, 0.25) is 0 Å². The lowest BCUT2D eigenvalue weighted by atomic mass is 9.70. The van der Waals surface area contributed by atoms with Gasteiger partial charge in [0.15, 0.2) is 0 Å². The van der Waals surface area contributed by atoms with Gasteiger partial charge in [0.05, 0.1) is 30.6 Å². The lowest BCUT2D eigenvalue weighted by molar-refractivity contribution is -0.147. The number of aryl methyl sites for hydroxylation is 2. The molecule has 3 heterocycles. The summed E-state index contributed by atoms with van der Waals surface area (Å²) in [6.07, 6.45) is 3.69. The van der Waals surface area contributed by atoms with Crippen molar-refractivity contribution in [3.63, 3.8) is 0 Å². The van der Waals surface area contributed by atoms with Gasteiger partial charge in [-0.1, -0.05) is 54.1 Å². The third-order valence-corrected chi connectivity index (χ3v) is 9.45. The minimum absolute atomic E-state index is 0.166. The molecule has 1 spiro atoms. The SMILES string of the molecule is C=CCN(C)C(=O)[C@H]1[C@@H]2OC3(CC2Br)C(C(=O)N(CC=C)c2cc(C)ccc2C)N([C@@H](CO)CC(C)C)C(=O)[C@H]13. The molecule has 2 bridgehead atoms. The summed E-state index contributed by atoms with van der Waals surface area (Å²) in [7, 11) is 1.69. The van der Waals surface area contributed by atoms with E-state index >= 15 is 0 Å². The minimum atomic E-state index is -1.20. The fraction of sp³-hybridized carbons (Fsp3) is 0.581. The Morgan fingerprint density at radius 1 is 1.23 bits per heavy atom. The molecule has 1 N–H and O–H groups in total. The van der Waals surface area contributed by atoms with Gasteiger partial charge < -0.3 is 24.5 Å². The van der Waals surface area contributed by atoms with Crippen LogP contribution < -0.4 is 4.90 Å². The van der Waals surface area contributed by atoms with Crippen LogP contribution in [0.4, 0.5) is 5.69 Å². The van der Waals surface area contributed by atoms with Crippen molar-refractivity contribution in [3.8, 4) is 0 Å². The highest BCUT2D eigenvalue weighted by atomic mass is 79.9. The van der Waals surface area contributed by atoms with Gasteiger partial charge in [-0.25, -0.2) is 0 Å². The lowest BCUT2D eigenvalue weighted by Crippen LogP contribution is -2.59. The second-order valence-electron chi connectivity index (χ2n) is 11.9. The molecule has 0 saturated carbocycles. The van der Waals surface area contributed by atoms with Gasteiger partial charge in [0.1, 0.15) is 11.6 Å². The molecule has 0 aromatic heterocycles. The number of amides is 3. The summed E-state index contributed by atoms with van der Waals surface area (Å²) < 4.78 is 6.67. The summed E-state index contributed by atoms with van der Waals surface area (Å²) in [5.41, 5.74) is 1.45. The van der Waals surface area contributed by atoms with E-state index in [0.29, 0.717) is 19.4 Å². The van der Waals surface area contributed by atoms with E-state index < -0.39 is 35.6 Å². The van der Waals surface area contributed by atoms with Crippen LogP contribution in [0, 0.1) is 31.6 Å². The standard InChI is InChI=1S/C31H42BrN3O5/c1-8-12-33(7)28(37)24-25-29(38)35(21(17-36)14-18(3)4)27(31(25)16-22(32)26(24)40-31)30(39)34(13-9-2)23-15-19(5)10-11-20(23)6/h8-11,15,18,21-22,24-27,36H,1-2,12-14,16-17H2,3-7H3/t21-,22?,24-,25+,26-,27?,31?/m1/s1. The van der Waals surface area contributed by atoms with Crippen LogP contribution >= 0.6 is 15.9 Å². The minimum Gasteiger partial charge on any atom is -0.394 e. The van der Waals surface area contributed by atoms with Gasteiger partial charge in [-0.15, -0.1) is 13.2 Å². The average Bonchev–Trinajstić information content (AvgIpc) is 3.50. The largest absolute Gasteiger partial charge is 0.394 e. The van der Waals surface area contributed by atoms with Crippen LogP contribution in [-0.4, -0.2) is 88.0 Å². The molecule has 218 valence electrons. The summed E-state index contributed by atoms with van der Waals surface area (Å²) in [4.78, 5) is 47.6. The van der Waals surface area contributed by atoms with Crippen molar-refractivity contribution in [1.29, 1.82) is 0 Å². The van der Waals surface area contributed by atoms with E-state index in [1.54, 1.807) is 33.9 Å². The molecule has 3 saturated heterocycles. The number of ether oxygens (including phenoxy) is 1. The fourth-order valence-corrected chi connectivity index (χ4v) is 7.92. The molecular formula is C31H42BrN3O5. The van der Waals surface area contributed by atoms with Gasteiger partial charge >= 0.3 is 0 Å². The van der Waals surface area contributed by atoms with Crippen molar-refractivity contribution >= 4 is 39.3 Å². The fourth-order valence-electron chi connectivity index (χ4n) is 6.97. The molecule has 3 fully saturated rings. The van der Waals surface area contributed by atoms with Crippen LogP contribution in [0.1, 0.15) is 37.8 Å². The number of benzene rings is 1. The van der Waals surface area contributed by atoms with Crippen molar-refractivity contribution < 1.29 is 24.2 Å². The number of hydrogen-bond donors (Lipinski definition) is 1. The molecule has 1 aromatic rings. The molecule has 0 radical (unpaired) electrons. The summed E-state index contributed by atoms with van der Waals surface area (Å²) in [5, 5.41) is 10.5. The number of aliphatic hydroxyl groups is 1. The van der Waals surface area contributed by atoms with E-state index in [-0.39, 0.29) is 41.6 Å². The Labute approximate surface area is 246 Å². The van der Waals surface area contributed by atoms with E-state index in [1.165, 1.54) is 0 Å². The number of hydrogen-bond acceptors (Lipinski definition) is 5. The Kier molecular flexibility index (Phi) is 8.97. The van der Waals surface area contributed by atoms with Crippen molar-refractivity contribution in [2.45, 2.75) is 69.2 Å². The molecule has 9 heteroatoms. The van der Waals surface area contributed by atoms with Crippen molar-refractivity contribution in [2.75, 3.05) is 31.6 Å². The Bertz CT molecular complexity index is 1190. The van der Waals surface area contributed by atoms with Crippen LogP contribution in [0.5, 0.6) is 0 Å². The number of likely N-dealkylation sites (N-methyl/N-ethyl adjacent to an activating group) is 1. The lowest BCUT2D eigenvalue weighted by Gasteiger charge is -2.40. The zero-order chi connectivity index (χ0) is 29.5. The Morgan fingerprint density at radius 2 is 1.90 bits per heavy atom. The number of alkyl halides is 1. The maximum absolute atomic E-state index is 14.8. The van der Waals surface area contributed by atoms with E-state index in [9.17, 15) is 19.5 Å². The predicted molar refractivity (Wildman–Crippen MR) is 159 cm³/mol. The molecule has 3 unspecified atom stereocenters. The van der Waals surface area contributed by atoms with Crippen molar-refractivity contribution in [2.24, 2.45) is 17.8 Å². The Balaban J connectivity index is 1.88. The first-order chi connectivity index (χ1) is 18.9. The summed E-state index contributed by atoms with van der Waals surface area (Å²) >= 11 is 3.73. The normalized spacial score (nSPS) is 29.4. The summed E-state index contributed by atoms with van der Waals surface area (Å²) in [6, 6.07) is 4.32. The predicted octanol–water partition coefficient (Wildman–Crippen LogP) is 3.62. The van der Waals surface area contributed by atoms with Crippen LogP contribution in [-0.2, 0) is 19.1 Å². The highest BCUT2D eigenvalue weighted by Gasteiger charge is 2.77. The molecule has 8 nitrogen and oxygen atoms in total. The molecule has 3 aliphatic heterocycles. The van der Waals surface area contributed by atoms with Gasteiger partial charge in [0, 0.05) is 30.7 Å². The smallest absolute Gasteiger partial charge is 0.253 e. The topological polar surface area (TPSA) is 90.4 Å². The highest BCUT2D eigenvalue weighted by molar-refractivity contribution is 9.09. The van der Waals surface area contributed by atoms with Crippen LogP contribution in [0.25, 0.3) is 0 Å². The molecule has 40 heavy (non-hydrogen) atoms. The molecule has 3 aliphatic rings. The first-order valence-corrected chi connectivity index (χ1v) is 14.9. The number of carbonyl (C=O) groups excluding carboxylic acids is 3. The summed E-state index contributed by atoms with van der Waals surface area (Å²) in [5.74, 6) is -2.21. The molecule has 7 atom stereocenters. The Hall–Kier alpha value is -2.49. The quantitative estimate of drug-likeness (QED) is 0.303. The van der Waals surface area contributed by atoms with Gasteiger partial charge in [0.2, 0.25) is 11.8 Å². The molecule has 0 aliphatic carbocycles. The number of likely N-dealkylation sites (tertiary alicyclic amines) is 1. The molecule has 4 rings (SSSR count). The zero-order valence-corrected chi connectivity index (χ0v) is 25.8. The van der Waals surface area contributed by atoms with Gasteiger partial charge in [0.25, 0.3) is 5.91 Å². The van der Waals surface area contributed by atoms with Crippen molar-refractivity contribution in [3.05, 3.63) is 54.6 Å². The van der Waals surface area contributed by atoms with Crippen LogP contribution in [0.15, 0.2) is 43.5 Å². The molecule has 3 amide bonds. The Morgan fingerprint density at radius 3 is 2.50 bits per heavy atom. The number of carbonyl (C=O) groups is 3. The number of rotatable bonds is 11. The second kappa shape index (κ2) is 11.8. The number of fused-ring (bicyclic) bond motifs is 1. The first kappa shape index (κ1) is 30.5. The van der Waals surface area contributed by atoms with E-state index in [1.807, 2.05) is 45.9 Å². The van der Waals surface area contributed by atoms with E-state index in [4.69, 9.17) is 4.74 Å². The van der Waals surface area contributed by atoms with Gasteiger partial charge in [-0.2, -0.15) is 0 Å². The molecular weight excluding hydrogens is 574 g/mol. The monoisotopic (exact) mass is 615 g/mol. The third-order valence-electron chi connectivity index (χ3n) is 8.61. The van der Waals surface area contributed by atoms with Crippen LogP contribution in [0.3, 0.4) is 0 Å². The van der Waals surface area contributed by atoms with E-state index in [2.05, 4.69) is 29.1 Å². The number of aliphatic hydroxyl groups excluding tert-OH is 1. The first-order valence-electron chi connectivity index (χ1n) is 14.0. The number of anilines is 1. The second-order valence-corrected chi connectivity index (χ2v) is 13.1. The highest BCUT2D eigenvalue weighted by Crippen LogP contribution is 2.61. The van der Waals surface area contributed by atoms with Gasteiger partial charge in [-0.3, -0.25) is 14.4 Å². The summed E-state index contributed by atoms with van der Waals surface area (Å²) in [6.45, 7) is 15.9. The zero-order valence-electron chi connectivity index (χ0n) is 24.2. The van der Waals surface area contributed by atoms with E-state index in [0.717, 1.165) is 16.8 Å². The number of halogens is 1. The molecule has 1 aromatic carbocycles. The maximum Gasteiger partial charge on any atom is 0.253 e. The third kappa shape index (κ3) is 4.94. The maximum atomic E-state index is 14.8. The number of nitrogens with zero attached hydrogens (tertiary/aromatic N) is 3.